The molecule has 27 heavy (non-hydrogen) atoms. The minimum Gasteiger partial charge on any atom is -0.489 e. The summed E-state index contributed by atoms with van der Waals surface area (Å²) in [6, 6.07) is 6.79. The van der Waals surface area contributed by atoms with Gasteiger partial charge in [-0.2, -0.15) is 0 Å². The number of nitrogens with one attached hydrogen (secondary N) is 1. The molecule has 2 unspecified atom stereocenters. The van der Waals surface area contributed by atoms with Crippen molar-refractivity contribution in [2.75, 3.05) is 39.5 Å². The van der Waals surface area contributed by atoms with E-state index in [0.29, 0.717) is 31.0 Å². The largest absolute Gasteiger partial charge is 0.489 e. The third-order valence-corrected chi connectivity index (χ3v) is 3.76. The van der Waals surface area contributed by atoms with Gasteiger partial charge in [0, 0.05) is 18.7 Å². The number of ether oxygens (including phenoxy) is 3. The smallest absolute Gasteiger partial charge is 0.251 e. The zero-order valence-electron chi connectivity index (χ0n) is 16.0. The summed E-state index contributed by atoms with van der Waals surface area (Å²) >= 11 is 0. The van der Waals surface area contributed by atoms with E-state index >= 15 is 0 Å². The fourth-order valence-corrected chi connectivity index (χ4v) is 2.02. The Morgan fingerprint density at radius 2 is 2.11 bits per heavy atom. The number of aliphatic hydroxyl groups excluding tert-OH is 1. The quantitative estimate of drug-likeness (QED) is 0.221. The highest BCUT2D eigenvalue weighted by Crippen LogP contribution is 2.13. The van der Waals surface area contributed by atoms with Gasteiger partial charge in [-0.15, -0.1) is 0 Å². The van der Waals surface area contributed by atoms with Gasteiger partial charge < -0.3 is 36.1 Å². The van der Waals surface area contributed by atoms with Crippen molar-refractivity contribution in [3.05, 3.63) is 41.5 Å². The van der Waals surface area contributed by atoms with Crippen molar-refractivity contribution in [1.82, 2.24) is 5.32 Å². The average molecular weight is 381 g/mol. The molecule has 1 aromatic carbocycles. The average Bonchev–Trinajstić information content (AvgIpc) is 2.69. The molecule has 0 bridgehead atoms. The fraction of sp³-hybridized carbons (Fsp3) is 0.526. The normalized spacial score (nSPS) is 13.9. The Morgan fingerprint density at radius 1 is 1.33 bits per heavy atom. The van der Waals surface area contributed by atoms with Gasteiger partial charge in [-0.3, -0.25) is 4.79 Å². The van der Waals surface area contributed by atoms with E-state index < -0.39 is 12.3 Å². The van der Waals surface area contributed by atoms with E-state index in [1.165, 1.54) is 0 Å². The second-order valence-corrected chi connectivity index (χ2v) is 5.92. The van der Waals surface area contributed by atoms with Crippen LogP contribution in [0.4, 0.5) is 0 Å². The number of nitrogens with two attached hydrogens (primary N) is 2. The Hall–Kier alpha value is -1.97. The first-order valence-corrected chi connectivity index (χ1v) is 8.94. The molecule has 0 aliphatic carbocycles. The highest BCUT2D eigenvalue weighted by Gasteiger charge is 2.09. The monoisotopic (exact) mass is 381 g/mol. The number of amides is 1. The Morgan fingerprint density at radius 3 is 2.81 bits per heavy atom. The van der Waals surface area contributed by atoms with E-state index in [9.17, 15) is 9.90 Å². The van der Waals surface area contributed by atoms with Crippen molar-refractivity contribution in [3.8, 4) is 5.75 Å². The minimum absolute atomic E-state index is 0.133. The van der Waals surface area contributed by atoms with Gasteiger partial charge in [-0.1, -0.05) is 12.1 Å². The number of hydrogen-bond acceptors (Lipinski definition) is 7. The Labute approximate surface area is 160 Å². The van der Waals surface area contributed by atoms with E-state index in [1.54, 1.807) is 24.3 Å². The molecule has 0 saturated heterocycles. The van der Waals surface area contributed by atoms with Crippen LogP contribution in [0.15, 0.2) is 35.9 Å². The molecule has 0 saturated carbocycles. The Bertz CT molecular complexity index is 594. The summed E-state index contributed by atoms with van der Waals surface area (Å²) in [6.45, 7) is 5.45. The highest BCUT2D eigenvalue weighted by molar-refractivity contribution is 5.94. The molecule has 0 aliphatic rings. The zero-order valence-corrected chi connectivity index (χ0v) is 16.0. The number of hydrogen-bond donors (Lipinski definition) is 4. The fourth-order valence-electron chi connectivity index (χ4n) is 2.02. The predicted octanol–water partition coefficient (Wildman–Crippen LogP) is 0.399. The molecule has 0 radical (unpaired) electrons. The van der Waals surface area contributed by atoms with Crippen LogP contribution in [0.3, 0.4) is 0 Å². The minimum atomic E-state index is -0.634. The maximum absolute atomic E-state index is 11.9. The molecule has 8 heteroatoms. The molecule has 1 aromatic rings. The van der Waals surface area contributed by atoms with Crippen molar-refractivity contribution in [1.29, 1.82) is 0 Å². The van der Waals surface area contributed by atoms with E-state index in [0.717, 1.165) is 5.57 Å². The van der Waals surface area contributed by atoms with Crippen molar-refractivity contribution < 1.29 is 24.1 Å². The highest BCUT2D eigenvalue weighted by atomic mass is 16.6. The summed E-state index contributed by atoms with van der Waals surface area (Å²) in [5.41, 5.74) is 12.6. The van der Waals surface area contributed by atoms with Crippen LogP contribution < -0.4 is 21.5 Å². The molecule has 152 valence electrons. The van der Waals surface area contributed by atoms with Crippen LogP contribution in [0.5, 0.6) is 5.75 Å². The summed E-state index contributed by atoms with van der Waals surface area (Å²) in [5.74, 6) is 0.314. The lowest BCUT2D eigenvalue weighted by molar-refractivity contribution is -0.0241. The van der Waals surface area contributed by atoms with Gasteiger partial charge in [0.2, 0.25) is 0 Å². The molecule has 8 nitrogen and oxygen atoms in total. The lowest BCUT2D eigenvalue weighted by Crippen LogP contribution is -2.32. The van der Waals surface area contributed by atoms with E-state index in [2.05, 4.69) is 5.32 Å². The first-order chi connectivity index (χ1) is 13.0. The van der Waals surface area contributed by atoms with E-state index in [1.807, 2.05) is 19.9 Å². The number of aliphatic hydroxyl groups is 1. The summed E-state index contributed by atoms with van der Waals surface area (Å²) < 4.78 is 16.3. The maximum Gasteiger partial charge on any atom is 0.251 e. The third-order valence-electron chi connectivity index (χ3n) is 3.76. The molecule has 0 heterocycles. The van der Waals surface area contributed by atoms with Gasteiger partial charge in [0.1, 0.15) is 18.6 Å². The van der Waals surface area contributed by atoms with Crippen molar-refractivity contribution in [3.63, 3.8) is 0 Å². The SMILES string of the molecule is C/C=C(\C)C(O)COCCOC(N)COc1cccc(C(=O)NCCN)c1. The predicted molar refractivity (Wildman–Crippen MR) is 104 cm³/mol. The molecule has 2 atom stereocenters. The second kappa shape index (κ2) is 13.2. The Kier molecular flexibility index (Phi) is 11.3. The van der Waals surface area contributed by atoms with Gasteiger partial charge in [-0.25, -0.2) is 0 Å². The third kappa shape index (κ3) is 9.50. The number of carbonyl (C=O) groups excluding carboxylic acids is 1. The second-order valence-electron chi connectivity index (χ2n) is 5.92. The van der Waals surface area contributed by atoms with E-state index in [4.69, 9.17) is 25.7 Å². The van der Waals surface area contributed by atoms with Gasteiger partial charge in [-0.05, 0) is 37.6 Å². The topological polar surface area (TPSA) is 129 Å². The number of benzene rings is 1. The molecule has 1 amide bonds. The number of allylic oxidation sites excluding steroid dienone is 1. The molecule has 0 aliphatic heterocycles. The number of carbonyl (C=O) groups is 1. The summed E-state index contributed by atoms with van der Waals surface area (Å²) in [7, 11) is 0. The number of rotatable bonds is 13. The van der Waals surface area contributed by atoms with E-state index in [-0.39, 0.29) is 25.7 Å². The van der Waals surface area contributed by atoms with Crippen molar-refractivity contribution in [2.24, 2.45) is 11.5 Å². The first-order valence-electron chi connectivity index (χ1n) is 8.94. The van der Waals surface area contributed by atoms with Crippen LogP contribution in [-0.4, -0.2) is 62.9 Å². The van der Waals surface area contributed by atoms with Crippen LogP contribution in [0.2, 0.25) is 0 Å². The molecule has 0 aromatic heterocycles. The molecular formula is C19H31N3O5. The van der Waals surface area contributed by atoms with Crippen molar-refractivity contribution in [2.45, 2.75) is 26.2 Å². The van der Waals surface area contributed by atoms with Gasteiger partial charge in [0.25, 0.3) is 5.91 Å². The van der Waals surface area contributed by atoms with Crippen LogP contribution >= 0.6 is 0 Å². The lowest BCUT2D eigenvalue weighted by atomic mass is 10.2. The molecule has 0 spiro atoms. The van der Waals surface area contributed by atoms with Crippen LogP contribution in [0.25, 0.3) is 0 Å². The first kappa shape index (κ1) is 23.1. The van der Waals surface area contributed by atoms with Crippen LogP contribution in [0.1, 0.15) is 24.2 Å². The van der Waals surface area contributed by atoms with Gasteiger partial charge in [0.05, 0.1) is 25.9 Å². The van der Waals surface area contributed by atoms with Gasteiger partial charge >= 0.3 is 0 Å². The van der Waals surface area contributed by atoms with Crippen molar-refractivity contribution >= 4 is 5.91 Å². The molecule has 1 rings (SSSR count). The van der Waals surface area contributed by atoms with Crippen LogP contribution in [0, 0.1) is 0 Å². The zero-order chi connectivity index (χ0) is 20.1. The summed E-state index contributed by atoms with van der Waals surface area (Å²) in [4.78, 5) is 11.9. The molecule has 0 fully saturated rings. The lowest BCUT2D eigenvalue weighted by Gasteiger charge is -2.16. The van der Waals surface area contributed by atoms with Gasteiger partial charge in [0.15, 0.2) is 0 Å². The summed E-state index contributed by atoms with van der Waals surface area (Å²) in [6.07, 6.45) is 0.598. The summed E-state index contributed by atoms with van der Waals surface area (Å²) in [5, 5.41) is 12.4. The Balaban J connectivity index is 2.26. The van der Waals surface area contributed by atoms with Crippen LogP contribution in [-0.2, 0) is 9.47 Å². The standard InChI is InChI=1S/C19H31N3O5/c1-3-14(2)17(23)12-25-9-10-26-18(21)13-27-16-6-4-5-15(11-16)19(24)22-8-7-20/h3-6,11,17-18,23H,7-10,12-13,20-21H2,1-2H3,(H,22,24)/b14-3+. The molecule has 6 N–H and O–H groups in total. The molecular weight excluding hydrogens is 350 g/mol. The maximum atomic E-state index is 11.9.